The maximum absolute atomic E-state index is 11.0. The van der Waals surface area contributed by atoms with Crippen LogP contribution < -0.4 is 0 Å². The zero-order valence-corrected chi connectivity index (χ0v) is 34.0. The van der Waals surface area contributed by atoms with Gasteiger partial charge in [0.15, 0.2) is 0 Å². The second-order valence-electron chi connectivity index (χ2n) is 12.6. The van der Waals surface area contributed by atoms with E-state index >= 15 is 0 Å². The van der Waals surface area contributed by atoms with Crippen molar-refractivity contribution in [2.75, 3.05) is 0 Å². The fourth-order valence-electron chi connectivity index (χ4n) is 4.09. The summed E-state index contributed by atoms with van der Waals surface area (Å²) in [4.78, 5) is 10.8. The molecule has 0 aliphatic carbocycles. The number of hydrogen-bond acceptors (Lipinski definition) is 2. The van der Waals surface area contributed by atoms with Crippen molar-refractivity contribution in [1.82, 2.24) is 0 Å². The summed E-state index contributed by atoms with van der Waals surface area (Å²) in [5.41, 5.74) is 1.48. The Balaban J connectivity index is -0.000000136. The Kier molecular flexibility index (Phi) is 36.4. The van der Waals surface area contributed by atoms with Gasteiger partial charge in [-0.2, -0.15) is 18.8 Å². The van der Waals surface area contributed by atoms with Crippen LogP contribution >= 0.6 is 0 Å². The number of rotatable bonds is 9. The van der Waals surface area contributed by atoms with Crippen molar-refractivity contribution < 1.29 is 41.7 Å². The maximum atomic E-state index is 11.0. The molecule has 1 rings (SSSR count). The van der Waals surface area contributed by atoms with Crippen LogP contribution in [0.5, 0.6) is 0 Å². The van der Waals surface area contributed by atoms with E-state index in [9.17, 15) is 9.00 Å². The van der Waals surface area contributed by atoms with Gasteiger partial charge >= 0.3 is 0 Å². The van der Waals surface area contributed by atoms with Crippen molar-refractivity contribution in [3.05, 3.63) is 41.8 Å². The summed E-state index contributed by atoms with van der Waals surface area (Å²) in [7, 11) is -0.623. The van der Waals surface area contributed by atoms with Crippen molar-refractivity contribution in [1.29, 1.82) is 0 Å². The molecule has 1 aromatic carbocycles. The maximum Gasteiger partial charge on any atom is 0.137 e. The summed E-state index contributed by atoms with van der Waals surface area (Å²) in [5, 5.41) is 0.630. The number of benzene rings is 1. The van der Waals surface area contributed by atoms with Gasteiger partial charge in [0, 0.05) is 65.8 Å². The third kappa shape index (κ3) is 27.0. The predicted octanol–water partition coefficient (Wildman–Crippen LogP) is 11.4. The zero-order valence-electron chi connectivity index (χ0n) is 30.4. The van der Waals surface area contributed by atoms with E-state index in [1.807, 2.05) is 69.2 Å². The van der Waals surface area contributed by atoms with Crippen LogP contribution in [0.2, 0.25) is 0 Å². The molecule has 0 saturated carbocycles. The number of Topliss-reactive ketones (excluding diaryl/α,β-unsaturated/α-hetero) is 1. The molecule has 0 spiro atoms. The van der Waals surface area contributed by atoms with Crippen LogP contribution in [0, 0.1) is 41.4 Å². The molecule has 0 aliphatic rings. The molecule has 0 heterocycles. The number of carbonyl (C=O) groups excluding carboxylic acids is 1. The van der Waals surface area contributed by atoms with Gasteiger partial charge in [0.2, 0.25) is 0 Å². The Morgan fingerprint density at radius 3 is 1.05 bits per heavy atom. The first-order valence-corrected chi connectivity index (χ1v) is 16.9. The first kappa shape index (κ1) is 49.8. The fourth-order valence-corrected chi connectivity index (χ4v) is 5.18. The predicted molar refractivity (Wildman–Crippen MR) is 182 cm³/mol. The molecule has 0 bridgehead atoms. The van der Waals surface area contributed by atoms with Gasteiger partial charge in [0.25, 0.3) is 0 Å². The van der Waals surface area contributed by atoms with E-state index in [1.54, 1.807) is 5.92 Å². The number of hydrogen-bond donors (Lipinski definition) is 0. The van der Waals surface area contributed by atoms with Gasteiger partial charge in [-0.05, 0) is 23.3 Å². The van der Waals surface area contributed by atoms with Crippen LogP contribution in [0.25, 0.3) is 0 Å². The second-order valence-corrected chi connectivity index (χ2v) is 15.2. The van der Waals surface area contributed by atoms with Gasteiger partial charge in [-0.3, -0.25) is 9.00 Å². The normalized spacial score (nSPS) is 10.8. The first-order chi connectivity index (χ1) is 17.8. The molecule has 0 N–H and O–H groups in total. The third-order valence-corrected chi connectivity index (χ3v) is 8.37. The zero-order chi connectivity index (χ0) is 32.0. The molecule has 40 heavy (non-hydrogen) atoms. The van der Waals surface area contributed by atoms with E-state index in [4.69, 9.17) is 0 Å². The van der Waals surface area contributed by atoms with Crippen molar-refractivity contribution in [3.8, 4) is 0 Å². The molecule has 237 valence electrons. The Bertz CT molecular complexity index is 632. The Morgan fingerprint density at radius 2 is 0.925 bits per heavy atom. The molecular formula is C36H71O2SY-. The van der Waals surface area contributed by atoms with Crippen molar-refractivity contribution in [2.24, 2.45) is 35.5 Å². The minimum Gasteiger partial charge on any atom is -0.312 e. The quantitative estimate of drug-likeness (QED) is 0.248. The average Bonchev–Trinajstić information content (AvgIpc) is 2.84. The van der Waals surface area contributed by atoms with E-state index in [2.05, 4.69) is 92.6 Å². The molecule has 4 heteroatoms. The molecule has 0 aliphatic heterocycles. The van der Waals surface area contributed by atoms with Gasteiger partial charge in [0.05, 0.1) is 0 Å². The van der Waals surface area contributed by atoms with Crippen LogP contribution in [-0.2, 0) is 48.3 Å². The molecule has 0 fully saturated rings. The molecule has 0 atom stereocenters. The molecule has 0 saturated heterocycles. The molecule has 2 nitrogen and oxygen atoms in total. The van der Waals surface area contributed by atoms with Gasteiger partial charge in [-0.25, -0.2) is 0 Å². The Morgan fingerprint density at radius 1 is 0.625 bits per heavy atom. The fraction of sp³-hybridized carbons (Fsp3) is 0.778. The van der Waals surface area contributed by atoms with Gasteiger partial charge < -0.3 is 5.92 Å². The van der Waals surface area contributed by atoms with Crippen molar-refractivity contribution in [3.63, 3.8) is 0 Å². The van der Waals surface area contributed by atoms with Crippen molar-refractivity contribution >= 4 is 16.6 Å². The number of ketones is 1. The molecule has 1 aromatic rings. The number of carbonyl (C=O) groups is 1. The minimum atomic E-state index is -0.623. The third-order valence-electron chi connectivity index (χ3n) is 6.51. The summed E-state index contributed by atoms with van der Waals surface area (Å²) in [5.74, 6) is 6.02. The van der Waals surface area contributed by atoms with Gasteiger partial charge in [-0.1, -0.05) is 155 Å². The minimum absolute atomic E-state index is 0. The van der Waals surface area contributed by atoms with Crippen LogP contribution in [-0.4, -0.2) is 20.5 Å². The van der Waals surface area contributed by atoms with E-state index in [-0.39, 0.29) is 44.5 Å². The van der Waals surface area contributed by atoms with Crippen molar-refractivity contribution in [2.45, 2.75) is 148 Å². The second kappa shape index (κ2) is 29.2. The van der Waals surface area contributed by atoms with Crippen LogP contribution in [0.15, 0.2) is 30.3 Å². The van der Waals surface area contributed by atoms with Gasteiger partial charge in [-0.15, -0.1) is 0 Å². The van der Waals surface area contributed by atoms with E-state index in [0.717, 1.165) is 23.7 Å². The van der Waals surface area contributed by atoms with E-state index in [1.165, 1.54) is 5.56 Å². The smallest absolute Gasteiger partial charge is 0.137 e. The van der Waals surface area contributed by atoms with E-state index < -0.39 is 10.8 Å². The summed E-state index contributed by atoms with van der Waals surface area (Å²) < 4.78 is 11.0. The average molecular weight is 657 g/mol. The van der Waals surface area contributed by atoms with Crippen LogP contribution in [0.4, 0.5) is 0 Å². The largest absolute Gasteiger partial charge is 0.312 e. The van der Waals surface area contributed by atoms with Gasteiger partial charge in [0.1, 0.15) is 5.78 Å². The van der Waals surface area contributed by atoms with Crippen LogP contribution in [0.3, 0.4) is 0 Å². The Labute approximate surface area is 281 Å². The van der Waals surface area contributed by atoms with Crippen LogP contribution in [0.1, 0.15) is 143 Å². The monoisotopic (exact) mass is 656 g/mol. The molecule has 0 aromatic heterocycles. The van der Waals surface area contributed by atoms with E-state index in [0.29, 0.717) is 22.2 Å². The molecule has 0 unspecified atom stereocenters. The Hall–Kier alpha value is 0.144. The molecule has 0 amide bonds. The summed E-state index contributed by atoms with van der Waals surface area (Å²) >= 11 is 0. The standard InChI is InChI=1S/C13H20.C8H17.C7H14O.C6H14OS.C2H6.Y/c1-10(2)13(11(3)4)12-8-6-5-7-9-12;1-6(2)8(5)7(3)4;1-5(2)7(8)6(3)4;1-5(2)8(7)6(3)4;1-2;/h5-11,13H,1-4H3;6-7H,1-5H3;2*5-6H,1-4H3;1-2H3;/q;-1;;;;. The summed E-state index contributed by atoms with van der Waals surface area (Å²) in [6.45, 7) is 40.1. The SMILES string of the molecule is CC.CC(C)C(=O)C(C)C.CC(C)C(c1ccccc1)C(C)C.CC(C)S(=O)C(C)C.C[C-](C(C)C)C(C)C.[Y]. The first-order valence-electron chi connectivity index (χ1n) is 15.6. The molecular weight excluding hydrogens is 585 g/mol. The molecule has 1 radical (unpaired) electrons. The topological polar surface area (TPSA) is 34.1 Å². The summed E-state index contributed by atoms with van der Waals surface area (Å²) in [6.07, 6.45) is 0. The summed E-state index contributed by atoms with van der Waals surface area (Å²) in [6, 6.07) is 10.8.